The van der Waals surface area contributed by atoms with E-state index < -0.39 is 0 Å². The van der Waals surface area contributed by atoms with Crippen molar-refractivity contribution in [3.63, 3.8) is 0 Å². The number of benzene rings is 2. The van der Waals surface area contributed by atoms with Crippen molar-refractivity contribution in [1.29, 1.82) is 0 Å². The minimum atomic E-state index is -0.321. The van der Waals surface area contributed by atoms with E-state index >= 15 is 0 Å². The summed E-state index contributed by atoms with van der Waals surface area (Å²) in [5.41, 5.74) is 1.75. The van der Waals surface area contributed by atoms with Gasteiger partial charge >= 0.3 is 0 Å². The molecule has 1 aliphatic heterocycles. The molecule has 27 heavy (non-hydrogen) atoms. The number of amides is 3. The second-order valence-electron chi connectivity index (χ2n) is 6.32. The van der Waals surface area contributed by atoms with E-state index in [2.05, 4.69) is 5.32 Å². The molecule has 0 bridgehead atoms. The third-order valence-electron chi connectivity index (χ3n) is 4.51. The fourth-order valence-electron chi connectivity index (χ4n) is 2.86. The largest absolute Gasteiger partial charge is 0.348 e. The highest BCUT2D eigenvalue weighted by Crippen LogP contribution is 2.11. The van der Waals surface area contributed by atoms with Gasteiger partial charge < -0.3 is 15.1 Å². The van der Waals surface area contributed by atoms with Crippen LogP contribution in [0.25, 0.3) is 0 Å². The highest BCUT2D eigenvalue weighted by atomic mass is 19.1. The van der Waals surface area contributed by atoms with E-state index in [1.807, 2.05) is 0 Å². The maximum atomic E-state index is 12.9. The van der Waals surface area contributed by atoms with Gasteiger partial charge in [0, 0.05) is 43.9 Å². The lowest BCUT2D eigenvalue weighted by Gasteiger charge is -2.32. The molecule has 6 nitrogen and oxygen atoms in total. The van der Waals surface area contributed by atoms with Gasteiger partial charge in [-0.2, -0.15) is 0 Å². The van der Waals surface area contributed by atoms with Crippen LogP contribution in [-0.2, 0) is 11.3 Å². The van der Waals surface area contributed by atoms with Crippen molar-refractivity contribution < 1.29 is 18.8 Å². The number of piperazine rings is 1. The van der Waals surface area contributed by atoms with Crippen molar-refractivity contribution in [2.75, 3.05) is 26.2 Å². The summed E-state index contributed by atoms with van der Waals surface area (Å²) in [6.07, 6.45) is 0.793. The molecule has 2 aromatic carbocycles. The van der Waals surface area contributed by atoms with Crippen molar-refractivity contribution in [2.24, 2.45) is 0 Å². The van der Waals surface area contributed by atoms with Gasteiger partial charge in [-0.3, -0.25) is 14.4 Å². The summed E-state index contributed by atoms with van der Waals surface area (Å²) in [5.74, 6) is -0.699. The topological polar surface area (TPSA) is 69.7 Å². The number of rotatable bonds is 5. The molecule has 0 unspecified atom stereocenters. The molecule has 1 N–H and O–H groups in total. The van der Waals surface area contributed by atoms with Crippen LogP contribution in [0, 0.1) is 5.82 Å². The van der Waals surface area contributed by atoms with Gasteiger partial charge in [0.15, 0.2) is 0 Å². The average Bonchev–Trinajstić information content (AvgIpc) is 2.73. The molecular formula is C20H20FN3O3. The first-order valence-electron chi connectivity index (χ1n) is 8.68. The van der Waals surface area contributed by atoms with E-state index in [4.69, 9.17) is 0 Å². The van der Waals surface area contributed by atoms with E-state index in [0.29, 0.717) is 43.9 Å². The first-order chi connectivity index (χ1) is 13.1. The molecule has 0 spiro atoms. The maximum Gasteiger partial charge on any atom is 0.253 e. The number of hydrogen-bond donors (Lipinski definition) is 1. The van der Waals surface area contributed by atoms with Crippen LogP contribution >= 0.6 is 0 Å². The molecule has 1 aliphatic rings. The smallest absolute Gasteiger partial charge is 0.253 e. The van der Waals surface area contributed by atoms with E-state index in [1.54, 1.807) is 46.2 Å². The number of carbonyl (C=O) groups excluding carboxylic acids is 3. The van der Waals surface area contributed by atoms with Gasteiger partial charge in [0.25, 0.3) is 11.8 Å². The molecule has 0 aliphatic carbocycles. The molecule has 0 atom stereocenters. The summed E-state index contributed by atoms with van der Waals surface area (Å²) in [7, 11) is 0. The monoisotopic (exact) mass is 369 g/mol. The highest BCUT2D eigenvalue weighted by Gasteiger charge is 2.21. The molecule has 1 fully saturated rings. The quantitative estimate of drug-likeness (QED) is 0.815. The minimum Gasteiger partial charge on any atom is -0.348 e. The summed E-state index contributed by atoms with van der Waals surface area (Å²) >= 11 is 0. The maximum absolute atomic E-state index is 12.9. The molecule has 0 saturated carbocycles. The van der Waals surface area contributed by atoms with Crippen molar-refractivity contribution >= 4 is 18.2 Å². The zero-order chi connectivity index (χ0) is 19.2. The van der Waals surface area contributed by atoms with Gasteiger partial charge in [-0.05, 0) is 42.0 Å². The first kappa shape index (κ1) is 18.6. The van der Waals surface area contributed by atoms with E-state index in [9.17, 15) is 18.8 Å². The van der Waals surface area contributed by atoms with E-state index in [0.717, 1.165) is 12.0 Å². The van der Waals surface area contributed by atoms with Crippen LogP contribution in [0.3, 0.4) is 0 Å². The zero-order valence-electron chi connectivity index (χ0n) is 14.7. The number of nitrogens with zero attached hydrogens (tertiary/aromatic N) is 2. The van der Waals surface area contributed by atoms with Gasteiger partial charge in [-0.1, -0.05) is 12.1 Å². The summed E-state index contributed by atoms with van der Waals surface area (Å²) in [4.78, 5) is 38.8. The normalized spacial score (nSPS) is 14.0. The van der Waals surface area contributed by atoms with Crippen LogP contribution < -0.4 is 5.32 Å². The fraction of sp³-hybridized carbons (Fsp3) is 0.250. The van der Waals surface area contributed by atoms with Crippen molar-refractivity contribution in [3.05, 3.63) is 71.0 Å². The van der Waals surface area contributed by atoms with E-state index in [-0.39, 0.29) is 17.6 Å². The average molecular weight is 369 g/mol. The molecule has 1 heterocycles. The van der Waals surface area contributed by atoms with Crippen LogP contribution in [0.2, 0.25) is 0 Å². The Bertz CT molecular complexity index is 813. The lowest BCUT2D eigenvalue weighted by atomic mass is 10.1. The zero-order valence-corrected chi connectivity index (χ0v) is 14.7. The minimum absolute atomic E-state index is 0.112. The molecule has 140 valence electrons. The Morgan fingerprint density at radius 2 is 1.52 bits per heavy atom. The van der Waals surface area contributed by atoms with E-state index in [1.165, 1.54) is 12.1 Å². The molecule has 0 radical (unpaired) electrons. The third kappa shape index (κ3) is 4.69. The Kier molecular flexibility index (Phi) is 5.80. The summed E-state index contributed by atoms with van der Waals surface area (Å²) in [5, 5.41) is 2.76. The molecule has 3 amide bonds. The molecular weight excluding hydrogens is 349 g/mol. The SMILES string of the molecule is O=CN1CCN(C(=O)c2ccc(C(=O)NCc3ccc(F)cc3)cc2)CC1. The Morgan fingerprint density at radius 3 is 2.11 bits per heavy atom. The molecule has 7 heteroatoms. The third-order valence-corrected chi connectivity index (χ3v) is 4.51. The first-order valence-corrected chi connectivity index (χ1v) is 8.68. The summed E-state index contributed by atoms with van der Waals surface area (Å²) < 4.78 is 12.9. The van der Waals surface area contributed by atoms with Crippen molar-refractivity contribution in [2.45, 2.75) is 6.54 Å². The second kappa shape index (κ2) is 8.44. The molecule has 2 aromatic rings. The van der Waals surface area contributed by atoms with Gasteiger partial charge in [-0.25, -0.2) is 4.39 Å². The Morgan fingerprint density at radius 1 is 0.926 bits per heavy atom. The highest BCUT2D eigenvalue weighted by molar-refractivity contribution is 5.97. The molecule has 0 aromatic heterocycles. The number of halogens is 1. The Balaban J connectivity index is 1.56. The lowest BCUT2D eigenvalue weighted by Crippen LogP contribution is -2.48. The predicted octanol–water partition coefficient (Wildman–Crippen LogP) is 1.67. The van der Waals surface area contributed by atoms with Gasteiger partial charge in [0.1, 0.15) is 5.82 Å². The van der Waals surface area contributed by atoms with Crippen LogP contribution in [0.15, 0.2) is 48.5 Å². The predicted molar refractivity (Wildman–Crippen MR) is 97.6 cm³/mol. The molecule has 3 rings (SSSR count). The van der Waals surface area contributed by atoms with Crippen molar-refractivity contribution in [3.8, 4) is 0 Å². The van der Waals surface area contributed by atoms with Gasteiger partial charge in [0.05, 0.1) is 0 Å². The lowest BCUT2D eigenvalue weighted by molar-refractivity contribution is -0.119. The second-order valence-corrected chi connectivity index (χ2v) is 6.32. The van der Waals surface area contributed by atoms with Crippen LogP contribution in [0.4, 0.5) is 4.39 Å². The molecule has 1 saturated heterocycles. The van der Waals surface area contributed by atoms with Crippen LogP contribution in [0.5, 0.6) is 0 Å². The Hall–Kier alpha value is -3.22. The summed E-state index contributed by atoms with van der Waals surface area (Å²) in [6.45, 7) is 2.34. The van der Waals surface area contributed by atoms with Gasteiger partial charge in [-0.15, -0.1) is 0 Å². The number of carbonyl (C=O) groups is 3. The summed E-state index contributed by atoms with van der Waals surface area (Å²) in [6, 6.07) is 12.4. The van der Waals surface area contributed by atoms with Crippen molar-refractivity contribution in [1.82, 2.24) is 15.1 Å². The fourth-order valence-corrected chi connectivity index (χ4v) is 2.86. The van der Waals surface area contributed by atoms with Crippen LogP contribution in [-0.4, -0.2) is 54.2 Å². The van der Waals surface area contributed by atoms with Gasteiger partial charge in [0.2, 0.25) is 6.41 Å². The van der Waals surface area contributed by atoms with Crippen LogP contribution in [0.1, 0.15) is 26.3 Å². The number of nitrogens with one attached hydrogen (secondary N) is 1. The number of hydrogen-bond acceptors (Lipinski definition) is 3. The standard InChI is InChI=1S/C20H20FN3O3/c21-18-7-1-15(2-8-18)13-22-19(26)16-3-5-17(6-4-16)20(27)24-11-9-23(14-25)10-12-24/h1-8,14H,9-13H2,(H,22,26). The Labute approximate surface area is 156 Å².